The SMILES string of the molecule is CC1(C2CCCO2)C(c2ccccc2)=CC=C(N)C1C1CCCO1. The highest BCUT2D eigenvalue weighted by Gasteiger charge is 2.52. The molecule has 128 valence electrons. The average molecular weight is 325 g/mol. The van der Waals surface area contributed by atoms with Gasteiger partial charge in [-0.1, -0.05) is 43.3 Å². The van der Waals surface area contributed by atoms with Crippen molar-refractivity contribution in [3.8, 4) is 0 Å². The highest BCUT2D eigenvalue weighted by Crippen LogP contribution is 2.54. The number of allylic oxidation sites excluding steroid dienone is 2. The number of hydrogen-bond donors (Lipinski definition) is 1. The first-order valence-corrected chi connectivity index (χ1v) is 9.17. The van der Waals surface area contributed by atoms with Crippen molar-refractivity contribution in [2.45, 2.75) is 44.8 Å². The fraction of sp³-hybridized carbons (Fsp3) is 0.524. The van der Waals surface area contributed by atoms with Crippen LogP contribution in [0.1, 0.15) is 38.2 Å². The minimum atomic E-state index is -0.147. The third-order valence-electron chi connectivity index (χ3n) is 6.05. The molecule has 2 heterocycles. The summed E-state index contributed by atoms with van der Waals surface area (Å²) in [6.45, 7) is 4.04. The van der Waals surface area contributed by atoms with E-state index >= 15 is 0 Å². The van der Waals surface area contributed by atoms with Gasteiger partial charge < -0.3 is 15.2 Å². The van der Waals surface area contributed by atoms with Crippen LogP contribution in [0.2, 0.25) is 0 Å². The quantitative estimate of drug-likeness (QED) is 0.916. The molecule has 0 aromatic heterocycles. The second kappa shape index (κ2) is 6.38. The molecular weight excluding hydrogens is 298 g/mol. The lowest BCUT2D eigenvalue weighted by atomic mass is 9.60. The lowest BCUT2D eigenvalue weighted by Gasteiger charge is -2.48. The predicted octanol–water partition coefficient (Wildman–Crippen LogP) is 3.91. The summed E-state index contributed by atoms with van der Waals surface area (Å²) in [5, 5.41) is 0. The Labute approximate surface area is 144 Å². The van der Waals surface area contributed by atoms with Gasteiger partial charge in [-0.3, -0.25) is 0 Å². The molecule has 0 radical (unpaired) electrons. The van der Waals surface area contributed by atoms with Crippen LogP contribution in [0.15, 0.2) is 48.2 Å². The largest absolute Gasteiger partial charge is 0.402 e. The van der Waals surface area contributed by atoms with Crippen LogP contribution >= 0.6 is 0 Å². The van der Waals surface area contributed by atoms with Gasteiger partial charge in [0, 0.05) is 30.2 Å². The van der Waals surface area contributed by atoms with Crippen LogP contribution in [-0.4, -0.2) is 25.4 Å². The van der Waals surface area contributed by atoms with Crippen molar-refractivity contribution in [1.82, 2.24) is 0 Å². The van der Waals surface area contributed by atoms with Gasteiger partial charge in [0.15, 0.2) is 0 Å². The molecule has 3 nitrogen and oxygen atoms in total. The first-order chi connectivity index (χ1) is 11.7. The predicted molar refractivity (Wildman–Crippen MR) is 96.2 cm³/mol. The molecule has 2 fully saturated rings. The molecule has 1 aromatic carbocycles. The van der Waals surface area contributed by atoms with Crippen molar-refractivity contribution in [2.75, 3.05) is 13.2 Å². The van der Waals surface area contributed by atoms with Crippen molar-refractivity contribution < 1.29 is 9.47 Å². The summed E-state index contributed by atoms with van der Waals surface area (Å²) in [7, 11) is 0. The molecule has 0 bridgehead atoms. The molecule has 2 aliphatic heterocycles. The fourth-order valence-corrected chi connectivity index (χ4v) is 4.89. The maximum atomic E-state index is 6.52. The Balaban J connectivity index is 1.81. The van der Waals surface area contributed by atoms with Gasteiger partial charge in [0.05, 0.1) is 12.2 Å². The van der Waals surface area contributed by atoms with Gasteiger partial charge in [-0.05, 0) is 42.9 Å². The molecule has 0 amide bonds. The lowest BCUT2D eigenvalue weighted by Crippen LogP contribution is -2.48. The molecule has 24 heavy (non-hydrogen) atoms. The van der Waals surface area contributed by atoms with Crippen molar-refractivity contribution in [3.05, 3.63) is 53.7 Å². The zero-order chi connectivity index (χ0) is 16.6. The number of benzene rings is 1. The maximum absolute atomic E-state index is 6.52. The monoisotopic (exact) mass is 325 g/mol. The van der Waals surface area contributed by atoms with E-state index in [-0.39, 0.29) is 23.5 Å². The van der Waals surface area contributed by atoms with E-state index in [2.05, 4.69) is 49.4 Å². The molecule has 1 aromatic rings. The van der Waals surface area contributed by atoms with Crippen molar-refractivity contribution in [2.24, 2.45) is 17.1 Å². The van der Waals surface area contributed by atoms with Crippen molar-refractivity contribution >= 4 is 5.57 Å². The minimum Gasteiger partial charge on any atom is -0.402 e. The molecule has 0 saturated carbocycles. The van der Waals surface area contributed by atoms with E-state index in [1.807, 2.05) is 0 Å². The van der Waals surface area contributed by atoms with E-state index in [0.29, 0.717) is 0 Å². The summed E-state index contributed by atoms with van der Waals surface area (Å²) in [4.78, 5) is 0. The Morgan fingerprint density at radius 3 is 2.42 bits per heavy atom. The van der Waals surface area contributed by atoms with Gasteiger partial charge in [-0.2, -0.15) is 0 Å². The van der Waals surface area contributed by atoms with E-state index in [4.69, 9.17) is 15.2 Å². The maximum Gasteiger partial charge on any atom is 0.0677 e. The summed E-state index contributed by atoms with van der Waals surface area (Å²) >= 11 is 0. The summed E-state index contributed by atoms with van der Waals surface area (Å²) in [5.74, 6) is 0.184. The summed E-state index contributed by atoms with van der Waals surface area (Å²) in [5.41, 5.74) is 9.92. The summed E-state index contributed by atoms with van der Waals surface area (Å²) in [6.07, 6.45) is 9.13. The molecule has 3 heteroatoms. The molecule has 4 atom stereocenters. The van der Waals surface area contributed by atoms with Gasteiger partial charge in [0.1, 0.15) is 0 Å². The first kappa shape index (κ1) is 15.9. The third kappa shape index (κ3) is 2.51. The average Bonchev–Trinajstić information content (AvgIpc) is 3.30. The number of nitrogens with two attached hydrogens (primary N) is 1. The normalized spacial score (nSPS) is 36.5. The van der Waals surface area contributed by atoms with Crippen LogP contribution < -0.4 is 5.73 Å². The molecular formula is C21H27NO2. The highest BCUT2D eigenvalue weighted by molar-refractivity contribution is 5.74. The molecule has 3 aliphatic rings. The number of rotatable bonds is 3. The standard InChI is InChI=1S/C21H27NO2/c1-21(19-10-6-14-24-19)16(15-7-3-2-4-8-15)11-12-17(22)20(21)18-9-5-13-23-18/h2-4,7-8,11-12,18-20H,5-6,9-10,13-14,22H2,1H3. The van der Waals surface area contributed by atoms with Crippen LogP contribution in [0.4, 0.5) is 0 Å². The van der Waals surface area contributed by atoms with Gasteiger partial charge in [-0.15, -0.1) is 0 Å². The smallest absolute Gasteiger partial charge is 0.0677 e. The van der Waals surface area contributed by atoms with Crippen molar-refractivity contribution in [1.29, 1.82) is 0 Å². The topological polar surface area (TPSA) is 44.5 Å². The Kier molecular flexibility index (Phi) is 4.23. The Morgan fingerprint density at radius 2 is 1.75 bits per heavy atom. The van der Waals surface area contributed by atoms with E-state index < -0.39 is 0 Å². The van der Waals surface area contributed by atoms with Crippen molar-refractivity contribution in [3.63, 3.8) is 0 Å². The Bertz CT molecular complexity index is 639. The van der Waals surface area contributed by atoms with Crippen LogP contribution in [0.25, 0.3) is 5.57 Å². The van der Waals surface area contributed by atoms with Crippen LogP contribution in [0.5, 0.6) is 0 Å². The zero-order valence-corrected chi connectivity index (χ0v) is 14.4. The molecule has 1 aliphatic carbocycles. The van der Waals surface area contributed by atoms with Crippen LogP contribution in [-0.2, 0) is 9.47 Å². The van der Waals surface area contributed by atoms with E-state index in [9.17, 15) is 0 Å². The molecule has 4 rings (SSSR count). The third-order valence-corrected chi connectivity index (χ3v) is 6.05. The zero-order valence-electron chi connectivity index (χ0n) is 14.4. The van der Waals surface area contributed by atoms with Gasteiger partial charge in [-0.25, -0.2) is 0 Å². The lowest BCUT2D eigenvalue weighted by molar-refractivity contribution is -0.0318. The van der Waals surface area contributed by atoms with Crippen LogP contribution in [0.3, 0.4) is 0 Å². The van der Waals surface area contributed by atoms with E-state index in [1.165, 1.54) is 11.1 Å². The number of ether oxygens (including phenoxy) is 2. The summed E-state index contributed by atoms with van der Waals surface area (Å²) in [6, 6.07) is 10.7. The van der Waals surface area contributed by atoms with Gasteiger partial charge >= 0.3 is 0 Å². The van der Waals surface area contributed by atoms with Gasteiger partial charge in [0.25, 0.3) is 0 Å². The molecule has 4 unspecified atom stereocenters. The van der Waals surface area contributed by atoms with E-state index in [0.717, 1.165) is 44.6 Å². The molecule has 2 saturated heterocycles. The second-order valence-corrected chi connectivity index (χ2v) is 7.43. The highest BCUT2D eigenvalue weighted by atomic mass is 16.5. The van der Waals surface area contributed by atoms with E-state index in [1.54, 1.807) is 0 Å². The molecule has 0 spiro atoms. The Morgan fingerprint density at radius 1 is 1.00 bits per heavy atom. The minimum absolute atomic E-state index is 0.147. The second-order valence-electron chi connectivity index (χ2n) is 7.43. The summed E-state index contributed by atoms with van der Waals surface area (Å²) < 4.78 is 12.3. The number of hydrogen-bond acceptors (Lipinski definition) is 3. The fourth-order valence-electron chi connectivity index (χ4n) is 4.89. The Hall–Kier alpha value is -1.58. The van der Waals surface area contributed by atoms with Gasteiger partial charge in [0.2, 0.25) is 0 Å². The molecule has 2 N–H and O–H groups in total. The first-order valence-electron chi connectivity index (χ1n) is 9.17. The van der Waals surface area contributed by atoms with Crippen LogP contribution in [0, 0.1) is 11.3 Å².